The molecule has 0 aliphatic heterocycles. The van der Waals surface area contributed by atoms with Gasteiger partial charge >= 0.3 is 11.8 Å². The largest absolute Gasteiger partial charge is 0.345 e. The fraction of sp³-hybridized carbons (Fsp3) is 0.190. The van der Waals surface area contributed by atoms with Gasteiger partial charge in [0, 0.05) is 22.1 Å². The Morgan fingerprint density at radius 2 is 1.71 bits per heavy atom. The highest BCUT2D eigenvalue weighted by Crippen LogP contribution is 2.27. The minimum atomic E-state index is -0.906. The van der Waals surface area contributed by atoms with Gasteiger partial charge in [0.25, 0.3) is 5.91 Å². The van der Waals surface area contributed by atoms with E-state index < -0.39 is 17.7 Å². The van der Waals surface area contributed by atoms with Crippen molar-refractivity contribution < 1.29 is 14.4 Å². The third kappa shape index (κ3) is 5.31. The fourth-order valence-electron chi connectivity index (χ4n) is 2.79. The molecule has 1 aromatic heterocycles. The number of amides is 3. The Bertz CT molecular complexity index is 1180. The molecule has 31 heavy (non-hydrogen) atoms. The van der Waals surface area contributed by atoms with Crippen LogP contribution >= 0.6 is 34.8 Å². The minimum absolute atomic E-state index is 0.0908. The van der Waals surface area contributed by atoms with Crippen molar-refractivity contribution in [1.82, 2.24) is 9.99 Å². The molecular formula is C21H19Cl3N4O3. The van der Waals surface area contributed by atoms with Gasteiger partial charge in [0.1, 0.15) is 5.69 Å². The minimum Gasteiger partial charge on any atom is -0.345 e. The van der Waals surface area contributed by atoms with Crippen molar-refractivity contribution in [3.8, 4) is 0 Å². The fourth-order valence-corrected chi connectivity index (χ4v) is 3.27. The predicted octanol–water partition coefficient (Wildman–Crippen LogP) is 4.84. The molecule has 0 bridgehead atoms. The number of anilines is 1. The molecule has 0 unspecified atom stereocenters. The lowest BCUT2D eigenvalue weighted by Crippen LogP contribution is -2.43. The first kappa shape index (κ1) is 22.9. The van der Waals surface area contributed by atoms with Crippen LogP contribution in [0, 0.1) is 0 Å². The molecule has 7 nitrogen and oxygen atoms in total. The molecule has 1 atom stereocenters. The Morgan fingerprint density at radius 1 is 0.968 bits per heavy atom. The van der Waals surface area contributed by atoms with Gasteiger partial charge < -0.3 is 10.6 Å². The molecule has 3 N–H and O–H groups in total. The molecule has 3 aromatic rings. The molecule has 0 saturated heterocycles. The maximum atomic E-state index is 13.0. The van der Waals surface area contributed by atoms with Crippen molar-refractivity contribution in [2.75, 3.05) is 10.7 Å². The number of rotatable bonds is 5. The van der Waals surface area contributed by atoms with Crippen LogP contribution in [0.5, 0.6) is 0 Å². The highest BCUT2D eigenvalue weighted by molar-refractivity contribution is 6.42. The summed E-state index contributed by atoms with van der Waals surface area (Å²) in [6, 6.07) is 10.9. The van der Waals surface area contributed by atoms with E-state index in [-0.39, 0.29) is 16.8 Å². The summed E-state index contributed by atoms with van der Waals surface area (Å²) in [4.78, 5) is 37.6. The molecule has 1 heterocycles. The molecule has 3 amide bonds. The van der Waals surface area contributed by atoms with Gasteiger partial charge in [0.15, 0.2) is 0 Å². The van der Waals surface area contributed by atoms with E-state index in [0.717, 1.165) is 0 Å². The summed E-state index contributed by atoms with van der Waals surface area (Å²) in [6.45, 7) is 3.67. The van der Waals surface area contributed by atoms with Crippen LogP contribution in [0.1, 0.15) is 30.8 Å². The lowest BCUT2D eigenvalue weighted by atomic mass is 10.2. The number of nitrogens with one attached hydrogen (secondary N) is 3. The van der Waals surface area contributed by atoms with Crippen LogP contribution in [0.4, 0.5) is 5.69 Å². The Balaban J connectivity index is 1.94. The second kappa shape index (κ2) is 9.60. The second-order valence-corrected chi connectivity index (χ2v) is 8.13. The zero-order valence-corrected chi connectivity index (χ0v) is 18.9. The molecular weight excluding hydrogens is 463 g/mol. The lowest BCUT2D eigenvalue weighted by molar-refractivity contribution is -0.137. The van der Waals surface area contributed by atoms with Crippen LogP contribution < -0.4 is 16.1 Å². The van der Waals surface area contributed by atoms with Gasteiger partial charge in [-0.25, -0.2) is 4.68 Å². The normalized spacial score (nSPS) is 11.8. The van der Waals surface area contributed by atoms with Gasteiger partial charge in [-0.15, -0.1) is 0 Å². The van der Waals surface area contributed by atoms with Gasteiger partial charge in [-0.2, -0.15) is 0 Å². The van der Waals surface area contributed by atoms with Crippen LogP contribution in [0.25, 0.3) is 10.9 Å². The number of hydrogen-bond donors (Lipinski definition) is 3. The molecule has 0 aliphatic carbocycles. The Labute approximate surface area is 193 Å². The number of carbonyl (C=O) groups is 3. The van der Waals surface area contributed by atoms with Crippen molar-refractivity contribution in [2.45, 2.75) is 26.3 Å². The zero-order valence-electron chi connectivity index (χ0n) is 16.6. The number of carbonyl (C=O) groups excluding carboxylic acids is 3. The van der Waals surface area contributed by atoms with Gasteiger partial charge in [-0.3, -0.25) is 19.8 Å². The third-order valence-electron chi connectivity index (χ3n) is 4.58. The second-order valence-electron chi connectivity index (χ2n) is 6.87. The summed E-state index contributed by atoms with van der Waals surface area (Å²) >= 11 is 18.0. The number of aromatic nitrogens is 1. The first-order valence-electron chi connectivity index (χ1n) is 9.38. The summed E-state index contributed by atoms with van der Waals surface area (Å²) in [5, 5.41) is 6.98. The van der Waals surface area contributed by atoms with E-state index in [0.29, 0.717) is 33.1 Å². The molecule has 3 rings (SSSR count). The topological polar surface area (TPSA) is 92.2 Å². The molecule has 0 saturated carbocycles. The standard InChI is InChI=1S/C21H19Cl3N4O3/c1-3-11(2)25-20(30)21(31)27-28-17-7-4-13(22)8-12(17)9-18(28)19(29)26-14-5-6-15(23)16(24)10-14/h4-11H,3H2,1-2H3,(H,25,30)(H,26,29)(H,27,31)/t11-/m0/s1. The number of hydrogen-bond acceptors (Lipinski definition) is 3. The van der Waals surface area contributed by atoms with Gasteiger partial charge in [0.2, 0.25) is 0 Å². The monoisotopic (exact) mass is 480 g/mol. The van der Waals surface area contributed by atoms with Crippen LogP contribution in [0.15, 0.2) is 42.5 Å². The SMILES string of the molecule is CC[C@H](C)NC(=O)C(=O)Nn1c(C(=O)Nc2ccc(Cl)c(Cl)c2)cc2cc(Cl)ccc21. The molecule has 162 valence electrons. The average molecular weight is 482 g/mol. The quantitative estimate of drug-likeness (QED) is 0.455. The van der Waals surface area contributed by atoms with Crippen molar-refractivity contribution in [3.05, 3.63) is 63.2 Å². The zero-order chi connectivity index (χ0) is 22.7. The van der Waals surface area contributed by atoms with Gasteiger partial charge in [-0.1, -0.05) is 41.7 Å². The van der Waals surface area contributed by atoms with E-state index in [1.54, 1.807) is 43.3 Å². The van der Waals surface area contributed by atoms with Crippen LogP contribution in [-0.2, 0) is 9.59 Å². The third-order valence-corrected chi connectivity index (χ3v) is 5.56. The van der Waals surface area contributed by atoms with E-state index in [1.807, 2.05) is 6.92 Å². The van der Waals surface area contributed by atoms with Crippen molar-refractivity contribution in [1.29, 1.82) is 0 Å². The van der Waals surface area contributed by atoms with E-state index in [9.17, 15) is 14.4 Å². The molecule has 2 aromatic carbocycles. The van der Waals surface area contributed by atoms with E-state index in [4.69, 9.17) is 34.8 Å². The summed E-state index contributed by atoms with van der Waals surface area (Å²) in [5.74, 6) is -2.24. The molecule has 0 aliphatic rings. The van der Waals surface area contributed by atoms with Gasteiger partial charge in [0.05, 0.1) is 15.6 Å². The number of benzene rings is 2. The molecule has 0 fully saturated rings. The maximum Gasteiger partial charge on any atom is 0.328 e. The van der Waals surface area contributed by atoms with E-state index >= 15 is 0 Å². The number of nitrogens with zero attached hydrogens (tertiary/aromatic N) is 1. The van der Waals surface area contributed by atoms with Crippen LogP contribution in [-0.4, -0.2) is 28.4 Å². The lowest BCUT2D eigenvalue weighted by Gasteiger charge is -2.14. The summed E-state index contributed by atoms with van der Waals surface area (Å²) in [7, 11) is 0. The summed E-state index contributed by atoms with van der Waals surface area (Å²) in [6.07, 6.45) is 0.668. The smallest absolute Gasteiger partial charge is 0.328 e. The summed E-state index contributed by atoms with van der Waals surface area (Å²) < 4.78 is 1.25. The van der Waals surface area contributed by atoms with Crippen molar-refractivity contribution >= 4 is 69.1 Å². The Morgan fingerprint density at radius 3 is 2.39 bits per heavy atom. The first-order valence-corrected chi connectivity index (χ1v) is 10.5. The molecule has 0 radical (unpaired) electrons. The first-order chi connectivity index (χ1) is 14.7. The maximum absolute atomic E-state index is 13.0. The Kier molecular flexibility index (Phi) is 7.10. The van der Waals surface area contributed by atoms with E-state index in [2.05, 4.69) is 16.1 Å². The summed E-state index contributed by atoms with van der Waals surface area (Å²) in [5.41, 5.74) is 3.48. The average Bonchev–Trinajstić information content (AvgIpc) is 3.07. The van der Waals surface area contributed by atoms with Crippen molar-refractivity contribution in [2.24, 2.45) is 0 Å². The number of halogens is 3. The number of fused-ring (bicyclic) bond motifs is 1. The van der Waals surface area contributed by atoms with Gasteiger partial charge in [-0.05, 0) is 55.8 Å². The van der Waals surface area contributed by atoms with Crippen LogP contribution in [0.2, 0.25) is 15.1 Å². The molecule has 0 spiro atoms. The highest BCUT2D eigenvalue weighted by atomic mass is 35.5. The van der Waals surface area contributed by atoms with Crippen molar-refractivity contribution in [3.63, 3.8) is 0 Å². The molecule has 10 heteroatoms. The Hall–Kier alpha value is -2.74. The van der Waals surface area contributed by atoms with Crippen LogP contribution in [0.3, 0.4) is 0 Å². The highest BCUT2D eigenvalue weighted by Gasteiger charge is 2.22. The predicted molar refractivity (Wildman–Crippen MR) is 124 cm³/mol. The van der Waals surface area contributed by atoms with E-state index in [1.165, 1.54) is 10.7 Å².